The standard InChI is InChI=1S/C23H31N3O3S/c1-25(2)21-15-26(16-22(21)30-3)23(27)24-19-9-7-8-18(14-19)17-28-12-13-29-20-10-5-4-6-11-20/h4-11,14,21-22H,12-13,15-17H2,1-3H3,(H,24,27)/t21-,22-/m1/s1. The lowest BCUT2D eigenvalue weighted by atomic mass is 10.2. The number of ether oxygens (including phenoxy) is 2. The zero-order valence-corrected chi connectivity index (χ0v) is 18.7. The van der Waals surface area contributed by atoms with Crippen molar-refractivity contribution in [2.75, 3.05) is 52.0 Å². The highest BCUT2D eigenvalue weighted by molar-refractivity contribution is 7.99. The number of nitrogens with one attached hydrogen (secondary N) is 1. The van der Waals surface area contributed by atoms with E-state index < -0.39 is 0 Å². The van der Waals surface area contributed by atoms with E-state index in [4.69, 9.17) is 9.47 Å². The van der Waals surface area contributed by atoms with Gasteiger partial charge in [-0.1, -0.05) is 30.3 Å². The van der Waals surface area contributed by atoms with Crippen LogP contribution in [0.2, 0.25) is 0 Å². The molecule has 1 aliphatic heterocycles. The molecule has 2 aromatic rings. The molecule has 0 aromatic heterocycles. The zero-order chi connectivity index (χ0) is 21.3. The van der Waals surface area contributed by atoms with Gasteiger partial charge in [-0.15, -0.1) is 0 Å². The molecule has 2 atom stereocenters. The van der Waals surface area contributed by atoms with Crippen LogP contribution >= 0.6 is 11.8 Å². The van der Waals surface area contributed by atoms with Crippen LogP contribution in [0.1, 0.15) is 5.56 Å². The Kier molecular flexibility index (Phi) is 8.42. The summed E-state index contributed by atoms with van der Waals surface area (Å²) in [6.07, 6.45) is 2.11. The van der Waals surface area contributed by atoms with Crippen molar-refractivity contribution in [2.24, 2.45) is 0 Å². The number of rotatable bonds is 9. The van der Waals surface area contributed by atoms with Crippen LogP contribution in [0, 0.1) is 0 Å². The van der Waals surface area contributed by atoms with Gasteiger partial charge in [0.2, 0.25) is 0 Å². The fraction of sp³-hybridized carbons (Fsp3) is 0.435. The third-order valence-electron chi connectivity index (χ3n) is 5.18. The number of amides is 2. The number of hydrogen-bond donors (Lipinski definition) is 1. The van der Waals surface area contributed by atoms with Crippen LogP contribution in [0.25, 0.3) is 0 Å². The van der Waals surface area contributed by atoms with Crippen molar-refractivity contribution < 1.29 is 14.3 Å². The van der Waals surface area contributed by atoms with Gasteiger partial charge in [-0.2, -0.15) is 11.8 Å². The molecule has 6 nitrogen and oxygen atoms in total. The number of likely N-dealkylation sites (N-methyl/N-ethyl adjacent to an activating group) is 1. The molecule has 162 valence electrons. The van der Waals surface area contributed by atoms with E-state index in [1.54, 1.807) is 0 Å². The predicted octanol–water partition coefficient (Wildman–Crippen LogP) is 3.79. The van der Waals surface area contributed by atoms with Crippen LogP contribution in [-0.2, 0) is 11.3 Å². The third-order valence-corrected chi connectivity index (χ3v) is 6.25. The second kappa shape index (κ2) is 11.2. The lowest BCUT2D eigenvalue weighted by molar-refractivity contribution is 0.0889. The SMILES string of the molecule is CS[C@@H]1CN(C(=O)Nc2cccc(COCCOc3ccccc3)c2)C[C@H]1N(C)C. The highest BCUT2D eigenvalue weighted by atomic mass is 32.2. The van der Waals surface area contributed by atoms with Crippen molar-refractivity contribution in [3.8, 4) is 5.75 Å². The first-order chi connectivity index (χ1) is 14.6. The fourth-order valence-corrected chi connectivity index (χ4v) is 4.49. The van der Waals surface area contributed by atoms with Crippen LogP contribution in [0.15, 0.2) is 54.6 Å². The van der Waals surface area contributed by atoms with Gasteiger partial charge in [-0.3, -0.25) is 0 Å². The second-order valence-corrected chi connectivity index (χ2v) is 8.63. The van der Waals surface area contributed by atoms with Crippen molar-refractivity contribution >= 4 is 23.5 Å². The number of para-hydroxylation sites is 1. The van der Waals surface area contributed by atoms with Crippen molar-refractivity contribution in [3.05, 3.63) is 60.2 Å². The Bertz CT molecular complexity index is 803. The number of hydrogen-bond acceptors (Lipinski definition) is 5. The molecule has 30 heavy (non-hydrogen) atoms. The summed E-state index contributed by atoms with van der Waals surface area (Å²) in [6.45, 7) is 2.98. The molecule has 0 saturated carbocycles. The summed E-state index contributed by atoms with van der Waals surface area (Å²) in [6, 6.07) is 17.8. The Labute approximate surface area is 183 Å². The zero-order valence-electron chi connectivity index (χ0n) is 17.9. The summed E-state index contributed by atoms with van der Waals surface area (Å²) < 4.78 is 11.3. The van der Waals surface area contributed by atoms with E-state index in [1.807, 2.05) is 71.3 Å². The Morgan fingerprint density at radius 1 is 1.13 bits per heavy atom. The maximum absolute atomic E-state index is 12.7. The van der Waals surface area contributed by atoms with Gasteiger partial charge in [0.25, 0.3) is 0 Å². The van der Waals surface area contributed by atoms with Crippen LogP contribution in [0.4, 0.5) is 10.5 Å². The fourth-order valence-electron chi connectivity index (χ4n) is 3.52. The van der Waals surface area contributed by atoms with Gasteiger partial charge in [0.05, 0.1) is 13.2 Å². The van der Waals surface area contributed by atoms with E-state index in [-0.39, 0.29) is 6.03 Å². The van der Waals surface area contributed by atoms with E-state index in [1.165, 1.54) is 0 Å². The van der Waals surface area contributed by atoms with E-state index in [0.29, 0.717) is 31.1 Å². The van der Waals surface area contributed by atoms with E-state index in [2.05, 4.69) is 30.6 Å². The van der Waals surface area contributed by atoms with E-state index >= 15 is 0 Å². The normalized spacial score (nSPS) is 18.6. The molecule has 0 spiro atoms. The van der Waals surface area contributed by atoms with E-state index in [0.717, 1.165) is 30.1 Å². The molecule has 0 unspecified atom stereocenters. The van der Waals surface area contributed by atoms with Gasteiger partial charge >= 0.3 is 6.03 Å². The first-order valence-electron chi connectivity index (χ1n) is 10.2. The highest BCUT2D eigenvalue weighted by Gasteiger charge is 2.35. The number of carbonyl (C=O) groups is 1. The van der Waals surface area contributed by atoms with Crippen molar-refractivity contribution in [1.82, 2.24) is 9.80 Å². The molecule has 1 saturated heterocycles. The number of urea groups is 1. The minimum Gasteiger partial charge on any atom is -0.491 e. The Balaban J connectivity index is 1.44. The quantitative estimate of drug-likeness (QED) is 0.615. The maximum Gasteiger partial charge on any atom is 0.321 e. The molecule has 0 aliphatic carbocycles. The molecule has 7 heteroatoms. The Morgan fingerprint density at radius 3 is 2.63 bits per heavy atom. The summed E-state index contributed by atoms with van der Waals surface area (Å²) in [4.78, 5) is 16.8. The first kappa shape index (κ1) is 22.5. The molecule has 2 aromatic carbocycles. The summed E-state index contributed by atoms with van der Waals surface area (Å²) in [7, 11) is 4.15. The number of carbonyl (C=O) groups excluding carboxylic acids is 1. The van der Waals surface area contributed by atoms with Crippen LogP contribution < -0.4 is 10.1 Å². The molecule has 0 radical (unpaired) electrons. The average molecular weight is 430 g/mol. The van der Waals surface area contributed by atoms with Gasteiger partial charge in [0.1, 0.15) is 12.4 Å². The first-order valence-corrected chi connectivity index (χ1v) is 11.5. The van der Waals surface area contributed by atoms with Gasteiger partial charge in [-0.25, -0.2) is 4.79 Å². The smallest absolute Gasteiger partial charge is 0.321 e. The molecule has 3 rings (SSSR count). The molecule has 1 N–H and O–H groups in total. The van der Waals surface area contributed by atoms with Gasteiger partial charge in [0.15, 0.2) is 0 Å². The summed E-state index contributed by atoms with van der Waals surface area (Å²) in [5, 5.41) is 3.46. The minimum absolute atomic E-state index is 0.0484. The van der Waals surface area contributed by atoms with Crippen molar-refractivity contribution in [1.29, 1.82) is 0 Å². The Morgan fingerprint density at radius 2 is 1.93 bits per heavy atom. The van der Waals surface area contributed by atoms with Crippen molar-refractivity contribution in [2.45, 2.75) is 17.9 Å². The number of thioether (sulfide) groups is 1. The van der Waals surface area contributed by atoms with E-state index in [9.17, 15) is 4.79 Å². The molecular weight excluding hydrogens is 398 g/mol. The third kappa shape index (κ3) is 6.39. The number of anilines is 1. The number of likely N-dealkylation sites (tertiary alicyclic amines) is 1. The lowest BCUT2D eigenvalue weighted by Gasteiger charge is -2.23. The number of benzene rings is 2. The molecule has 1 heterocycles. The largest absolute Gasteiger partial charge is 0.491 e. The Hall–Kier alpha value is -2.22. The second-order valence-electron chi connectivity index (χ2n) is 7.55. The molecule has 1 fully saturated rings. The van der Waals surface area contributed by atoms with Crippen LogP contribution in [0.3, 0.4) is 0 Å². The summed E-state index contributed by atoms with van der Waals surface area (Å²) in [5.74, 6) is 0.841. The van der Waals surface area contributed by atoms with Gasteiger partial charge in [0, 0.05) is 30.1 Å². The van der Waals surface area contributed by atoms with Gasteiger partial charge in [-0.05, 0) is 50.2 Å². The highest BCUT2D eigenvalue weighted by Crippen LogP contribution is 2.24. The number of nitrogens with zero attached hydrogens (tertiary/aromatic N) is 2. The van der Waals surface area contributed by atoms with Crippen LogP contribution in [0.5, 0.6) is 5.75 Å². The minimum atomic E-state index is -0.0484. The average Bonchev–Trinajstić information content (AvgIpc) is 3.20. The molecule has 0 bridgehead atoms. The summed E-state index contributed by atoms with van der Waals surface area (Å²) >= 11 is 1.82. The maximum atomic E-state index is 12.7. The predicted molar refractivity (Wildman–Crippen MR) is 123 cm³/mol. The lowest BCUT2D eigenvalue weighted by Crippen LogP contribution is -2.38. The van der Waals surface area contributed by atoms with Crippen molar-refractivity contribution in [3.63, 3.8) is 0 Å². The monoisotopic (exact) mass is 429 g/mol. The molecule has 2 amide bonds. The molecule has 1 aliphatic rings. The summed E-state index contributed by atoms with van der Waals surface area (Å²) in [5.41, 5.74) is 1.80. The molecular formula is C23H31N3O3S. The van der Waals surface area contributed by atoms with Gasteiger partial charge < -0.3 is 24.6 Å². The topological polar surface area (TPSA) is 54.0 Å². The van der Waals surface area contributed by atoms with Crippen LogP contribution in [-0.4, -0.2) is 73.8 Å².